The second-order valence-corrected chi connectivity index (χ2v) is 6.44. The zero-order valence-electron chi connectivity index (χ0n) is 10.7. The van der Waals surface area contributed by atoms with Crippen molar-refractivity contribution in [2.24, 2.45) is 7.05 Å². The Balaban J connectivity index is 2.35. The average Bonchev–Trinajstić information content (AvgIpc) is 2.83. The standard InChI is InChI=1S/C16H10ClIN2/c1-20-13-5-3-2-4-11(13)14(18)15-16(20)10-7-6-9(17)8-12(10)19-15/h2-8H,1H3/p+1. The highest BCUT2D eigenvalue weighted by Crippen LogP contribution is 2.31. The van der Waals surface area contributed by atoms with Crippen molar-refractivity contribution in [3.63, 3.8) is 0 Å². The van der Waals surface area contributed by atoms with E-state index in [0.717, 1.165) is 10.5 Å². The van der Waals surface area contributed by atoms with Crippen molar-refractivity contribution in [1.82, 2.24) is 4.98 Å². The molecule has 0 bridgehead atoms. The topological polar surface area (TPSA) is 19.7 Å². The van der Waals surface area contributed by atoms with E-state index < -0.39 is 0 Å². The van der Waals surface area contributed by atoms with E-state index in [1.807, 2.05) is 12.1 Å². The molecule has 4 heteroatoms. The number of aromatic nitrogens is 2. The van der Waals surface area contributed by atoms with E-state index >= 15 is 0 Å². The van der Waals surface area contributed by atoms with Gasteiger partial charge in [-0.3, -0.25) is 0 Å². The summed E-state index contributed by atoms with van der Waals surface area (Å²) in [4.78, 5) is 3.51. The van der Waals surface area contributed by atoms with E-state index in [0.29, 0.717) is 0 Å². The zero-order valence-corrected chi connectivity index (χ0v) is 13.7. The molecule has 0 spiro atoms. The van der Waals surface area contributed by atoms with Gasteiger partial charge in [0.2, 0.25) is 11.0 Å². The molecule has 0 aliphatic heterocycles. The monoisotopic (exact) mass is 393 g/mol. The molecule has 2 aromatic heterocycles. The molecular formula is C16H11ClIN2+. The number of H-pyrrole nitrogens is 1. The Morgan fingerprint density at radius 2 is 1.90 bits per heavy atom. The lowest BCUT2D eigenvalue weighted by Gasteiger charge is -2.01. The number of benzene rings is 2. The predicted molar refractivity (Wildman–Crippen MR) is 92.2 cm³/mol. The van der Waals surface area contributed by atoms with Crippen molar-refractivity contribution in [3.8, 4) is 0 Å². The first kappa shape index (κ1) is 12.4. The van der Waals surface area contributed by atoms with E-state index in [4.69, 9.17) is 11.6 Å². The molecule has 0 radical (unpaired) electrons. The minimum absolute atomic E-state index is 0.756. The molecule has 0 amide bonds. The van der Waals surface area contributed by atoms with Gasteiger partial charge in [0.1, 0.15) is 12.6 Å². The van der Waals surface area contributed by atoms with Crippen molar-refractivity contribution in [2.75, 3.05) is 0 Å². The van der Waals surface area contributed by atoms with Gasteiger partial charge in [0.25, 0.3) is 0 Å². The van der Waals surface area contributed by atoms with Crippen LogP contribution >= 0.6 is 34.2 Å². The van der Waals surface area contributed by atoms with Gasteiger partial charge in [-0.15, -0.1) is 0 Å². The number of aromatic amines is 1. The third kappa shape index (κ3) is 1.59. The average molecular weight is 394 g/mol. The summed E-state index contributed by atoms with van der Waals surface area (Å²) in [6, 6.07) is 14.5. The number of hydrogen-bond acceptors (Lipinski definition) is 0. The first-order valence-corrected chi connectivity index (χ1v) is 7.79. The number of rotatable bonds is 0. The number of nitrogens with one attached hydrogen (secondary N) is 1. The highest BCUT2D eigenvalue weighted by Gasteiger charge is 2.20. The Morgan fingerprint density at radius 1 is 1.10 bits per heavy atom. The molecule has 4 rings (SSSR count). The third-order valence-electron chi connectivity index (χ3n) is 3.79. The van der Waals surface area contributed by atoms with E-state index in [1.165, 1.54) is 30.9 Å². The van der Waals surface area contributed by atoms with Crippen LogP contribution in [-0.4, -0.2) is 4.98 Å². The van der Waals surface area contributed by atoms with Crippen molar-refractivity contribution in [2.45, 2.75) is 0 Å². The Kier molecular flexibility index (Phi) is 2.69. The second-order valence-electron chi connectivity index (χ2n) is 4.93. The fourth-order valence-electron chi connectivity index (χ4n) is 2.87. The minimum atomic E-state index is 0.756. The molecule has 1 N–H and O–H groups in total. The molecule has 2 nitrogen and oxygen atoms in total. The number of hydrogen-bond donors (Lipinski definition) is 1. The first-order valence-electron chi connectivity index (χ1n) is 6.34. The minimum Gasteiger partial charge on any atom is -0.348 e. The summed E-state index contributed by atoms with van der Waals surface area (Å²) in [7, 11) is 2.11. The molecule has 4 aromatic rings. The maximum atomic E-state index is 6.10. The van der Waals surface area contributed by atoms with Crippen molar-refractivity contribution < 1.29 is 4.57 Å². The fourth-order valence-corrected chi connectivity index (χ4v) is 3.89. The van der Waals surface area contributed by atoms with Gasteiger partial charge in [-0.05, 0) is 46.9 Å². The van der Waals surface area contributed by atoms with Gasteiger partial charge in [0, 0.05) is 11.1 Å². The summed E-state index contributed by atoms with van der Waals surface area (Å²) in [5.74, 6) is 0. The number of pyridine rings is 1. The van der Waals surface area contributed by atoms with Crippen molar-refractivity contribution in [3.05, 3.63) is 51.1 Å². The fraction of sp³-hybridized carbons (Fsp3) is 0.0625. The molecule has 0 unspecified atom stereocenters. The van der Waals surface area contributed by atoms with Crippen LogP contribution in [0.2, 0.25) is 5.02 Å². The van der Waals surface area contributed by atoms with Gasteiger partial charge in [0.15, 0.2) is 0 Å². The Hall–Kier alpha value is -1.33. The second kappa shape index (κ2) is 4.33. The molecular weight excluding hydrogens is 383 g/mol. The van der Waals surface area contributed by atoms with Crippen LogP contribution in [0.15, 0.2) is 42.5 Å². The summed E-state index contributed by atoms with van der Waals surface area (Å²) in [6.45, 7) is 0. The number of halogens is 2. The summed E-state index contributed by atoms with van der Waals surface area (Å²) in [5, 5.41) is 3.22. The molecule has 0 aliphatic carbocycles. The van der Waals surface area contributed by atoms with E-state index in [2.05, 4.69) is 69.5 Å². The Morgan fingerprint density at radius 3 is 2.75 bits per heavy atom. The lowest BCUT2D eigenvalue weighted by Crippen LogP contribution is -2.30. The SMILES string of the molecule is C[n+]1c2ccccc2c(I)c2[nH]c3cc(Cl)ccc3c21. The smallest absolute Gasteiger partial charge is 0.239 e. The van der Waals surface area contributed by atoms with Gasteiger partial charge in [-0.25, -0.2) is 0 Å². The van der Waals surface area contributed by atoms with Crippen LogP contribution in [0.1, 0.15) is 0 Å². The van der Waals surface area contributed by atoms with Crippen LogP contribution in [0.25, 0.3) is 32.8 Å². The number of nitrogens with zero attached hydrogens (tertiary/aromatic N) is 1. The van der Waals surface area contributed by atoms with Crippen LogP contribution in [0.5, 0.6) is 0 Å². The van der Waals surface area contributed by atoms with Gasteiger partial charge in [-0.1, -0.05) is 23.7 Å². The summed E-state index contributed by atoms with van der Waals surface area (Å²) >= 11 is 8.52. The summed E-state index contributed by atoms with van der Waals surface area (Å²) in [5.41, 5.74) is 4.71. The number of fused-ring (bicyclic) bond motifs is 4. The van der Waals surface area contributed by atoms with Gasteiger partial charge in [0.05, 0.1) is 19.9 Å². The molecule has 0 saturated carbocycles. The third-order valence-corrected chi connectivity index (χ3v) is 5.15. The van der Waals surface area contributed by atoms with E-state index in [9.17, 15) is 0 Å². The van der Waals surface area contributed by atoms with E-state index in [1.54, 1.807) is 0 Å². The molecule has 0 fully saturated rings. The van der Waals surface area contributed by atoms with Crippen LogP contribution in [0.3, 0.4) is 0 Å². The van der Waals surface area contributed by atoms with Crippen LogP contribution in [0, 0.1) is 3.57 Å². The maximum absolute atomic E-state index is 6.10. The lowest BCUT2D eigenvalue weighted by atomic mass is 10.1. The number of aryl methyl sites for hydroxylation is 1. The maximum Gasteiger partial charge on any atom is 0.239 e. The molecule has 2 aromatic carbocycles. The zero-order chi connectivity index (χ0) is 13.9. The largest absolute Gasteiger partial charge is 0.348 e. The predicted octanol–water partition coefficient (Wildman–Crippen LogP) is 4.56. The normalized spacial score (nSPS) is 11.8. The van der Waals surface area contributed by atoms with Gasteiger partial charge in [-0.2, -0.15) is 4.57 Å². The highest BCUT2D eigenvalue weighted by atomic mass is 127. The molecule has 0 atom stereocenters. The molecule has 20 heavy (non-hydrogen) atoms. The Bertz CT molecular complexity index is 988. The molecule has 0 saturated heterocycles. The van der Waals surface area contributed by atoms with Crippen LogP contribution < -0.4 is 4.57 Å². The van der Waals surface area contributed by atoms with Crippen LogP contribution in [0.4, 0.5) is 0 Å². The molecule has 2 heterocycles. The summed E-state index contributed by atoms with van der Waals surface area (Å²) < 4.78 is 3.50. The first-order chi connectivity index (χ1) is 9.66. The van der Waals surface area contributed by atoms with Crippen molar-refractivity contribution >= 4 is 67.0 Å². The highest BCUT2D eigenvalue weighted by molar-refractivity contribution is 14.1. The number of para-hydroxylation sites is 1. The molecule has 0 aliphatic rings. The lowest BCUT2D eigenvalue weighted by molar-refractivity contribution is -0.616. The molecule has 98 valence electrons. The van der Waals surface area contributed by atoms with Crippen molar-refractivity contribution in [1.29, 1.82) is 0 Å². The van der Waals surface area contributed by atoms with E-state index in [-0.39, 0.29) is 0 Å². The van der Waals surface area contributed by atoms with Gasteiger partial charge >= 0.3 is 0 Å². The van der Waals surface area contributed by atoms with Gasteiger partial charge < -0.3 is 4.98 Å². The quantitative estimate of drug-likeness (QED) is 0.334. The van der Waals surface area contributed by atoms with Crippen LogP contribution in [-0.2, 0) is 7.05 Å². The Labute approximate surface area is 134 Å². The summed E-state index contributed by atoms with van der Waals surface area (Å²) in [6.07, 6.45) is 0.